The number of rotatable bonds is 5. The van der Waals surface area contributed by atoms with Gasteiger partial charge in [-0.3, -0.25) is 0 Å². The summed E-state index contributed by atoms with van der Waals surface area (Å²) in [5.74, 6) is 0. The van der Waals surface area contributed by atoms with E-state index in [4.69, 9.17) is 18.9 Å². The summed E-state index contributed by atoms with van der Waals surface area (Å²) in [4.78, 5) is 0. The van der Waals surface area contributed by atoms with Crippen molar-refractivity contribution < 1.29 is 18.9 Å². The molecular formula is C18H18O4Se2. The standard InChI is InChI=1S/C18H18O4Se2/c1-3-7-15(13(5-1)17-19-9-10-20-17)23-24-16-8-4-2-6-14(16)18-21-11-12-22-18/h1-8,17-18H,9-12H2. The molecule has 0 bridgehead atoms. The fraction of sp³-hybridized carbons (Fsp3) is 0.333. The van der Waals surface area contributed by atoms with Gasteiger partial charge in [-0.1, -0.05) is 0 Å². The van der Waals surface area contributed by atoms with E-state index < -0.39 is 0 Å². The first-order chi connectivity index (χ1) is 11.9. The second-order valence-electron chi connectivity index (χ2n) is 5.39. The molecule has 0 aromatic heterocycles. The van der Waals surface area contributed by atoms with Crippen LogP contribution in [0.5, 0.6) is 0 Å². The van der Waals surface area contributed by atoms with Crippen molar-refractivity contribution in [2.75, 3.05) is 26.4 Å². The van der Waals surface area contributed by atoms with Crippen LogP contribution >= 0.6 is 0 Å². The molecule has 2 aromatic rings. The van der Waals surface area contributed by atoms with E-state index in [1.165, 1.54) is 20.1 Å². The first-order valence-electron chi connectivity index (χ1n) is 7.90. The van der Waals surface area contributed by atoms with Gasteiger partial charge in [0.15, 0.2) is 0 Å². The Morgan fingerprint density at radius 3 is 1.38 bits per heavy atom. The summed E-state index contributed by atoms with van der Waals surface area (Å²) in [6, 6.07) is 17.0. The Morgan fingerprint density at radius 1 is 0.583 bits per heavy atom. The van der Waals surface area contributed by atoms with Crippen LogP contribution in [-0.2, 0) is 18.9 Å². The van der Waals surface area contributed by atoms with Gasteiger partial charge >= 0.3 is 153 Å². The van der Waals surface area contributed by atoms with Crippen LogP contribution in [0.25, 0.3) is 0 Å². The third-order valence-electron chi connectivity index (χ3n) is 3.81. The van der Waals surface area contributed by atoms with Crippen LogP contribution < -0.4 is 8.92 Å². The van der Waals surface area contributed by atoms with Gasteiger partial charge in [0, 0.05) is 0 Å². The van der Waals surface area contributed by atoms with Gasteiger partial charge in [0.2, 0.25) is 0 Å². The molecule has 0 atom stereocenters. The first-order valence-corrected chi connectivity index (χ1v) is 14.0. The third kappa shape index (κ3) is 3.77. The van der Waals surface area contributed by atoms with E-state index >= 15 is 0 Å². The summed E-state index contributed by atoms with van der Waals surface area (Å²) in [6.45, 7) is 2.71. The van der Waals surface area contributed by atoms with Crippen molar-refractivity contribution in [3.8, 4) is 0 Å². The van der Waals surface area contributed by atoms with Crippen molar-refractivity contribution in [2.24, 2.45) is 0 Å². The number of hydrogen-bond acceptors (Lipinski definition) is 4. The summed E-state index contributed by atoms with van der Waals surface area (Å²) in [5.41, 5.74) is 2.37. The Balaban J connectivity index is 1.51. The van der Waals surface area contributed by atoms with Gasteiger partial charge in [-0.2, -0.15) is 0 Å². The quantitative estimate of drug-likeness (QED) is 0.631. The Labute approximate surface area is 152 Å². The van der Waals surface area contributed by atoms with Crippen molar-refractivity contribution in [2.45, 2.75) is 12.6 Å². The monoisotopic (exact) mass is 458 g/mol. The Morgan fingerprint density at radius 2 is 0.958 bits per heavy atom. The molecule has 2 saturated heterocycles. The van der Waals surface area contributed by atoms with Crippen LogP contribution in [-0.4, -0.2) is 52.7 Å². The molecule has 0 unspecified atom stereocenters. The third-order valence-corrected chi connectivity index (χ3v) is 11.1. The molecule has 6 heteroatoms. The molecule has 2 aliphatic heterocycles. The van der Waals surface area contributed by atoms with Crippen LogP contribution in [0.1, 0.15) is 23.7 Å². The normalized spacial score (nSPS) is 19.2. The van der Waals surface area contributed by atoms with Crippen molar-refractivity contribution in [3.63, 3.8) is 0 Å². The van der Waals surface area contributed by atoms with Gasteiger partial charge < -0.3 is 0 Å². The first kappa shape index (κ1) is 16.8. The van der Waals surface area contributed by atoms with Gasteiger partial charge in [-0.15, -0.1) is 0 Å². The molecule has 2 aromatic carbocycles. The zero-order valence-corrected chi connectivity index (χ0v) is 16.5. The molecule has 126 valence electrons. The van der Waals surface area contributed by atoms with Gasteiger partial charge in [0.1, 0.15) is 0 Å². The average Bonchev–Trinajstić information content (AvgIpc) is 3.34. The Hall–Kier alpha value is -0.681. The SMILES string of the molecule is c1ccc(C2OCCO2)c([Se][Se]c2ccccc2C2OCCO2)c1. The van der Waals surface area contributed by atoms with Crippen LogP contribution in [0, 0.1) is 0 Å². The topological polar surface area (TPSA) is 36.9 Å². The minimum absolute atomic E-state index is 0.199. The second-order valence-corrected chi connectivity index (χ2v) is 11.6. The van der Waals surface area contributed by atoms with Gasteiger partial charge in [-0.25, -0.2) is 0 Å². The summed E-state index contributed by atoms with van der Waals surface area (Å²) in [5, 5.41) is 0. The fourth-order valence-corrected chi connectivity index (χ4v) is 9.97. The van der Waals surface area contributed by atoms with E-state index in [0.717, 1.165) is 0 Å². The predicted octanol–water partition coefficient (Wildman–Crippen LogP) is 1.05. The molecule has 0 radical (unpaired) electrons. The molecule has 4 nitrogen and oxygen atoms in total. The minimum atomic E-state index is -0.199. The molecule has 2 fully saturated rings. The summed E-state index contributed by atoms with van der Waals surface area (Å²) in [7, 11) is 0. The van der Waals surface area contributed by atoms with E-state index in [1.807, 2.05) is 0 Å². The second kappa shape index (κ2) is 8.13. The maximum absolute atomic E-state index is 5.69. The van der Waals surface area contributed by atoms with Gasteiger partial charge in [0.25, 0.3) is 0 Å². The number of ether oxygens (including phenoxy) is 4. The zero-order chi connectivity index (χ0) is 16.2. The molecular weight excluding hydrogens is 438 g/mol. The molecule has 0 amide bonds. The molecule has 0 saturated carbocycles. The van der Waals surface area contributed by atoms with Crippen molar-refractivity contribution in [1.82, 2.24) is 0 Å². The van der Waals surface area contributed by atoms with Crippen molar-refractivity contribution in [3.05, 3.63) is 59.7 Å². The van der Waals surface area contributed by atoms with Crippen LogP contribution in [0.3, 0.4) is 0 Å². The molecule has 0 spiro atoms. The van der Waals surface area contributed by atoms with Gasteiger partial charge in [0.05, 0.1) is 0 Å². The molecule has 0 aliphatic carbocycles. The molecule has 4 rings (SSSR count). The summed E-state index contributed by atoms with van der Waals surface area (Å²) in [6.07, 6.45) is -0.397. The van der Waals surface area contributed by atoms with Crippen LogP contribution in [0.4, 0.5) is 0 Å². The van der Waals surface area contributed by atoms with E-state index in [9.17, 15) is 0 Å². The Kier molecular flexibility index (Phi) is 5.68. The van der Waals surface area contributed by atoms with Crippen LogP contribution in [0.2, 0.25) is 0 Å². The van der Waals surface area contributed by atoms with Gasteiger partial charge in [-0.05, 0) is 0 Å². The molecule has 24 heavy (non-hydrogen) atoms. The van der Waals surface area contributed by atoms with E-state index in [0.29, 0.717) is 52.7 Å². The predicted molar refractivity (Wildman–Crippen MR) is 93.0 cm³/mol. The fourth-order valence-electron chi connectivity index (χ4n) is 2.67. The summed E-state index contributed by atoms with van der Waals surface area (Å²) < 4.78 is 25.5. The zero-order valence-electron chi connectivity index (χ0n) is 13.1. The van der Waals surface area contributed by atoms with Crippen LogP contribution in [0.15, 0.2) is 48.5 Å². The Bertz CT molecular complexity index is 623. The number of benzene rings is 2. The van der Waals surface area contributed by atoms with Crippen molar-refractivity contribution >= 4 is 35.2 Å². The van der Waals surface area contributed by atoms with E-state index in [1.54, 1.807) is 0 Å². The number of hydrogen-bond donors (Lipinski definition) is 0. The van der Waals surface area contributed by atoms with Crippen molar-refractivity contribution in [1.29, 1.82) is 0 Å². The summed E-state index contributed by atoms with van der Waals surface area (Å²) >= 11 is 0.710. The average molecular weight is 456 g/mol. The van der Waals surface area contributed by atoms with E-state index in [2.05, 4.69) is 48.5 Å². The maximum atomic E-state index is 5.69. The molecule has 0 N–H and O–H groups in total. The molecule has 2 heterocycles. The van der Waals surface area contributed by atoms with E-state index in [-0.39, 0.29) is 12.6 Å². The molecule has 2 aliphatic rings.